The molecule has 9 heteroatoms. The zero-order valence-electron chi connectivity index (χ0n) is 23.5. The summed E-state index contributed by atoms with van der Waals surface area (Å²) in [6.45, 7) is 8.64. The van der Waals surface area contributed by atoms with Gasteiger partial charge in [-0.1, -0.05) is 29.8 Å². The third-order valence-electron chi connectivity index (χ3n) is 7.13. The largest absolute Gasteiger partial charge is 0.479 e. The van der Waals surface area contributed by atoms with Crippen molar-refractivity contribution in [2.24, 2.45) is 7.05 Å². The molecule has 0 radical (unpaired) electrons. The molecule has 0 bridgehead atoms. The third kappa shape index (κ3) is 5.17. The molecule has 1 aliphatic rings. The summed E-state index contributed by atoms with van der Waals surface area (Å²) in [6, 6.07) is 15.7. The summed E-state index contributed by atoms with van der Waals surface area (Å²) < 4.78 is 14.5. The van der Waals surface area contributed by atoms with E-state index in [-0.39, 0.29) is 0 Å². The normalized spacial score (nSPS) is 14.6. The lowest BCUT2D eigenvalue weighted by atomic mass is 9.91. The number of carboxylic acid groups (broad SMARTS) is 1. The van der Waals surface area contributed by atoms with E-state index in [9.17, 15) is 9.90 Å². The number of thiazole rings is 1. The molecule has 3 aromatic carbocycles. The molecule has 3 heterocycles. The van der Waals surface area contributed by atoms with E-state index in [0.717, 1.165) is 59.6 Å². The molecular weight excluding hydrogens is 558 g/mol. The number of halogens is 1. The van der Waals surface area contributed by atoms with Crippen molar-refractivity contribution in [1.82, 2.24) is 14.8 Å². The number of benzene rings is 3. The minimum atomic E-state index is -1.16. The second-order valence-electron chi connectivity index (χ2n) is 11.3. The quantitative estimate of drug-likeness (QED) is 0.218. The van der Waals surface area contributed by atoms with E-state index in [0.29, 0.717) is 23.8 Å². The highest BCUT2D eigenvalue weighted by molar-refractivity contribution is 7.22. The second-order valence-corrected chi connectivity index (χ2v) is 12.7. The third-order valence-corrected chi connectivity index (χ3v) is 8.51. The SMILES string of the molecule is Cc1cc2nc(-c3ccc4c(c3)c(C3=CCOC3)nn4C)sc2c(-c2ccc(Cl)cc2)c1C(OC(C)(C)C)C(=O)O. The number of carbonyl (C=O) groups is 1. The fourth-order valence-electron chi connectivity index (χ4n) is 5.35. The molecule has 1 N–H and O–H groups in total. The van der Waals surface area contributed by atoms with Gasteiger partial charge in [-0.05, 0) is 75.2 Å². The maximum absolute atomic E-state index is 12.6. The summed E-state index contributed by atoms with van der Waals surface area (Å²) in [4.78, 5) is 17.7. The van der Waals surface area contributed by atoms with Crippen LogP contribution in [0.3, 0.4) is 0 Å². The molecular formula is C32H30ClN3O4S. The Morgan fingerprint density at radius 1 is 1.15 bits per heavy atom. The van der Waals surface area contributed by atoms with Crippen LogP contribution >= 0.6 is 22.9 Å². The van der Waals surface area contributed by atoms with Crippen molar-refractivity contribution >= 4 is 55.6 Å². The molecule has 1 unspecified atom stereocenters. The van der Waals surface area contributed by atoms with Crippen molar-refractivity contribution in [1.29, 1.82) is 0 Å². The summed E-state index contributed by atoms with van der Waals surface area (Å²) >= 11 is 7.78. The van der Waals surface area contributed by atoms with Crippen molar-refractivity contribution in [2.45, 2.75) is 39.4 Å². The summed E-state index contributed by atoms with van der Waals surface area (Å²) in [7, 11) is 1.95. The summed E-state index contributed by atoms with van der Waals surface area (Å²) in [5.41, 5.74) is 7.21. The van der Waals surface area contributed by atoms with E-state index in [1.54, 1.807) is 11.3 Å². The number of ether oxygens (including phenoxy) is 2. The maximum atomic E-state index is 12.6. The van der Waals surface area contributed by atoms with Gasteiger partial charge in [0, 0.05) is 39.7 Å². The van der Waals surface area contributed by atoms with Gasteiger partial charge in [0.15, 0.2) is 6.10 Å². The Labute approximate surface area is 247 Å². The van der Waals surface area contributed by atoms with Crippen LogP contribution in [0.15, 0.2) is 54.6 Å². The lowest BCUT2D eigenvalue weighted by Crippen LogP contribution is -2.28. The van der Waals surface area contributed by atoms with Crippen LogP contribution in [0.2, 0.25) is 5.02 Å². The van der Waals surface area contributed by atoms with Crippen LogP contribution in [0.25, 0.3) is 48.4 Å². The van der Waals surface area contributed by atoms with Crippen LogP contribution in [-0.2, 0) is 21.3 Å². The Hall–Kier alpha value is -3.56. The zero-order valence-corrected chi connectivity index (χ0v) is 25.1. The molecule has 0 aliphatic carbocycles. The summed E-state index contributed by atoms with van der Waals surface area (Å²) in [6.07, 6.45) is 0.916. The molecule has 5 aromatic rings. The molecule has 0 saturated heterocycles. The van der Waals surface area contributed by atoms with Crippen LogP contribution in [0.5, 0.6) is 0 Å². The van der Waals surface area contributed by atoms with Gasteiger partial charge in [0.2, 0.25) is 0 Å². The summed E-state index contributed by atoms with van der Waals surface area (Å²) in [5.74, 6) is -1.04. The molecule has 0 amide bonds. The number of nitrogens with zero attached hydrogens (tertiary/aromatic N) is 3. The van der Waals surface area contributed by atoms with Gasteiger partial charge in [-0.25, -0.2) is 9.78 Å². The van der Waals surface area contributed by atoms with Gasteiger partial charge in [-0.15, -0.1) is 11.3 Å². The van der Waals surface area contributed by atoms with Crippen molar-refractivity contribution in [3.8, 4) is 21.7 Å². The highest BCUT2D eigenvalue weighted by Crippen LogP contribution is 2.45. The fraction of sp³-hybridized carbons (Fsp3) is 0.281. The topological polar surface area (TPSA) is 86.5 Å². The Morgan fingerprint density at radius 3 is 2.54 bits per heavy atom. The van der Waals surface area contributed by atoms with Crippen molar-refractivity contribution in [3.63, 3.8) is 0 Å². The molecule has 0 fully saturated rings. The maximum Gasteiger partial charge on any atom is 0.337 e. The average Bonchev–Trinajstić information content (AvgIpc) is 3.66. The van der Waals surface area contributed by atoms with E-state index in [1.165, 1.54) is 0 Å². The first kappa shape index (κ1) is 27.6. The predicted molar refractivity (Wildman–Crippen MR) is 165 cm³/mol. The first-order chi connectivity index (χ1) is 19.5. The van der Waals surface area contributed by atoms with E-state index in [2.05, 4.69) is 24.3 Å². The Kier molecular flexibility index (Phi) is 6.98. The minimum Gasteiger partial charge on any atom is -0.479 e. The van der Waals surface area contributed by atoms with Gasteiger partial charge in [0.05, 0.1) is 40.2 Å². The molecule has 41 heavy (non-hydrogen) atoms. The molecule has 2 aromatic heterocycles. The number of aromatic nitrogens is 3. The molecule has 1 atom stereocenters. The molecule has 6 rings (SSSR count). The lowest BCUT2D eigenvalue weighted by Gasteiger charge is -2.28. The highest BCUT2D eigenvalue weighted by Gasteiger charge is 2.32. The van der Waals surface area contributed by atoms with Crippen LogP contribution < -0.4 is 0 Å². The van der Waals surface area contributed by atoms with Crippen LogP contribution in [0, 0.1) is 6.92 Å². The molecule has 0 saturated carbocycles. The number of rotatable bonds is 6. The van der Waals surface area contributed by atoms with E-state index in [1.807, 2.05) is 69.8 Å². The van der Waals surface area contributed by atoms with E-state index < -0.39 is 17.7 Å². The van der Waals surface area contributed by atoms with Gasteiger partial charge in [0.25, 0.3) is 0 Å². The predicted octanol–water partition coefficient (Wildman–Crippen LogP) is 7.83. The van der Waals surface area contributed by atoms with Gasteiger partial charge in [0.1, 0.15) is 5.01 Å². The van der Waals surface area contributed by atoms with Crippen LogP contribution in [-0.4, -0.2) is 44.7 Å². The van der Waals surface area contributed by atoms with Gasteiger partial charge in [-0.2, -0.15) is 5.10 Å². The molecule has 1 aliphatic heterocycles. The van der Waals surface area contributed by atoms with Crippen molar-refractivity contribution in [2.75, 3.05) is 13.2 Å². The fourth-order valence-corrected chi connectivity index (χ4v) is 6.60. The monoisotopic (exact) mass is 587 g/mol. The minimum absolute atomic E-state index is 0.547. The zero-order chi connectivity index (χ0) is 29.1. The van der Waals surface area contributed by atoms with Crippen molar-refractivity contribution in [3.05, 3.63) is 76.5 Å². The number of fused-ring (bicyclic) bond motifs is 2. The molecule has 0 spiro atoms. The number of carboxylic acids is 1. The number of hydrogen-bond donors (Lipinski definition) is 1. The number of hydrogen-bond acceptors (Lipinski definition) is 6. The smallest absolute Gasteiger partial charge is 0.337 e. The van der Waals surface area contributed by atoms with Gasteiger partial charge >= 0.3 is 5.97 Å². The summed E-state index contributed by atoms with van der Waals surface area (Å²) in [5, 5.41) is 17.6. The second kappa shape index (κ2) is 10.4. The molecule has 210 valence electrons. The Balaban J connectivity index is 1.58. The van der Waals surface area contributed by atoms with Crippen molar-refractivity contribution < 1.29 is 19.4 Å². The van der Waals surface area contributed by atoms with Crippen LogP contribution in [0.1, 0.15) is 43.7 Å². The number of aliphatic carboxylic acids is 1. The first-order valence-electron chi connectivity index (χ1n) is 13.3. The van der Waals surface area contributed by atoms with Gasteiger partial charge in [-0.3, -0.25) is 4.68 Å². The average molecular weight is 588 g/mol. The first-order valence-corrected chi connectivity index (χ1v) is 14.5. The van der Waals surface area contributed by atoms with Crippen LogP contribution in [0.4, 0.5) is 0 Å². The van der Waals surface area contributed by atoms with Gasteiger partial charge < -0.3 is 14.6 Å². The standard InChI is InChI=1S/C32H30ClN3O4S/c1-17-14-23-29(26(18-6-9-21(33)10-7-18)25(17)28(31(37)38)40-32(2,3)4)41-30(34-23)19-8-11-24-22(15-19)27(35-36(24)5)20-12-13-39-16-20/h6-12,14-15,28H,13,16H2,1-5H3,(H,37,38). The lowest BCUT2D eigenvalue weighted by molar-refractivity contribution is -0.160. The van der Waals surface area contributed by atoms with E-state index in [4.69, 9.17) is 31.2 Å². The van der Waals surface area contributed by atoms with E-state index >= 15 is 0 Å². The Morgan fingerprint density at radius 2 is 1.88 bits per heavy atom. The number of aryl methyl sites for hydroxylation is 2. The molecule has 7 nitrogen and oxygen atoms in total. The Bertz CT molecular complexity index is 1850. The highest BCUT2D eigenvalue weighted by atomic mass is 35.5.